The van der Waals surface area contributed by atoms with Crippen molar-refractivity contribution in [2.75, 3.05) is 16.8 Å². The van der Waals surface area contributed by atoms with Crippen LogP contribution in [0.5, 0.6) is 5.75 Å². The monoisotopic (exact) mass is 562 g/mol. The van der Waals surface area contributed by atoms with Gasteiger partial charge in [0.2, 0.25) is 0 Å². The van der Waals surface area contributed by atoms with Crippen molar-refractivity contribution in [1.29, 1.82) is 0 Å². The van der Waals surface area contributed by atoms with E-state index in [9.17, 15) is 9.59 Å². The molecule has 4 rings (SSSR count). The summed E-state index contributed by atoms with van der Waals surface area (Å²) < 4.78 is 5.98. The third-order valence-corrected chi connectivity index (χ3v) is 7.25. The summed E-state index contributed by atoms with van der Waals surface area (Å²) in [6.45, 7) is 1.72. The second-order valence-corrected chi connectivity index (χ2v) is 10.4. The number of carbonyl (C=O) groups excluding carboxylic acids is 2. The molecule has 1 fully saturated rings. The van der Waals surface area contributed by atoms with Gasteiger partial charge in [-0.1, -0.05) is 77.0 Å². The summed E-state index contributed by atoms with van der Waals surface area (Å²) >= 11 is 24.7. The molecule has 3 aromatic carbocycles. The van der Waals surface area contributed by atoms with Gasteiger partial charge in [0.1, 0.15) is 5.75 Å². The average molecular weight is 564 g/mol. The van der Waals surface area contributed by atoms with Crippen LogP contribution in [0.3, 0.4) is 0 Å². The minimum Gasteiger partial charge on any atom is -0.484 e. The molecule has 0 atom stereocenters. The van der Waals surface area contributed by atoms with Crippen LogP contribution >= 0.6 is 58.8 Å². The molecular formula is C25H17Cl3N2O3S2. The number of aryl methyl sites for hydroxylation is 1. The van der Waals surface area contributed by atoms with Gasteiger partial charge in [0.15, 0.2) is 10.9 Å². The van der Waals surface area contributed by atoms with E-state index in [2.05, 4.69) is 5.32 Å². The van der Waals surface area contributed by atoms with Gasteiger partial charge >= 0.3 is 0 Å². The normalized spacial score (nSPS) is 14.5. The van der Waals surface area contributed by atoms with E-state index in [1.54, 1.807) is 60.7 Å². The smallest absolute Gasteiger partial charge is 0.270 e. The van der Waals surface area contributed by atoms with Crippen molar-refractivity contribution >= 4 is 92.4 Å². The maximum atomic E-state index is 13.0. The first-order valence-electron chi connectivity index (χ1n) is 10.2. The second-order valence-electron chi connectivity index (χ2n) is 7.48. The zero-order valence-electron chi connectivity index (χ0n) is 18.2. The number of anilines is 2. The molecular weight excluding hydrogens is 547 g/mol. The lowest BCUT2D eigenvalue weighted by Gasteiger charge is -2.15. The van der Waals surface area contributed by atoms with Crippen LogP contribution in [0.4, 0.5) is 11.4 Å². The predicted molar refractivity (Wildman–Crippen MR) is 149 cm³/mol. The molecule has 0 bridgehead atoms. The van der Waals surface area contributed by atoms with Gasteiger partial charge in [0.05, 0.1) is 20.6 Å². The molecule has 1 N–H and O–H groups in total. The first-order chi connectivity index (χ1) is 16.7. The van der Waals surface area contributed by atoms with Gasteiger partial charge in [-0.15, -0.1) is 0 Å². The molecule has 35 heavy (non-hydrogen) atoms. The summed E-state index contributed by atoms with van der Waals surface area (Å²) in [7, 11) is 0. The molecule has 178 valence electrons. The fourth-order valence-electron chi connectivity index (χ4n) is 3.19. The van der Waals surface area contributed by atoms with Gasteiger partial charge in [-0.3, -0.25) is 14.5 Å². The largest absolute Gasteiger partial charge is 0.484 e. The lowest BCUT2D eigenvalue weighted by Crippen LogP contribution is -2.27. The van der Waals surface area contributed by atoms with Crippen LogP contribution in [0, 0.1) is 6.92 Å². The molecule has 0 aromatic heterocycles. The van der Waals surface area contributed by atoms with Crippen LogP contribution in [0.1, 0.15) is 11.1 Å². The predicted octanol–water partition coefficient (Wildman–Crippen LogP) is 7.38. The Kier molecular flexibility index (Phi) is 8.04. The molecule has 0 aliphatic carbocycles. The minimum absolute atomic E-state index is 0.159. The quantitative estimate of drug-likeness (QED) is 0.250. The van der Waals surface area contributed by atoms with Crippen molar-refractivity contribution < 1.29 is 14.3 Å². The minimum atomic E-state index is -0.301. The van der Waals surface area contributed by atoms with Crippen LogP contribution in [-0.4, -0.2) is 22.7 Å². The van der Waals surface area contributed by atoms with Crippen LogP contribution in [0.2, 0.25) is 15.1 Å². The van der Waals surface area contributed by atoms with Crippen molar-refractivity contribution in [2.45, 2.75) is 6.92 Å². The number of thiocarbonyl (C=S) groups is 1. The van der Waals surface area contributed by atoms with E-state index in [0.717, 1.165) is 11.1 Å². The standard InChI is InChI=1S/C25H17Cl3N2O3S2/c1-14-2-5-16(26)11-21(14)29-23(31)13-33-18-7-3-15(4-8-18)10-22-24(32)30(25(34)35-22)17-6-9-19(27)20(28)12-17/h2-12H,13H2,1H3,(H,29,31)/b22-10-. The van der Waals surface area contributed by atoms with Gasteiger partial charge in [0, 0.05) is 10.7 Å². The highest BCUT2D eigenvalue weighted by atomic mass is 35.5. The van der Waals surface area contributed by atoms with Crippen LogP contribution in [0.25, 0.3) is 6.08 Å². The fraction of sp³-hybridized carbons (Fsp3) is 0.0800. The zero-order chi connectivity index (χ0) is 25.1. The highest BCUT2D eigenvalue weighted by Gasteiger charge is 2.33. The summed E-state index contributed by atoms with van der Waals surface area (Å²) in [6, 6.07) is 17.2. The Labute approximate surface area is 227 Å². The van der Waals surface area contributed by atoms with Gasteiger partial charge in [-0.05, 0) is 66.6 Å². The SMILES string of the molecule is Cc1ccc(Cl)cc1NC(=O)COc1ccc(/C=C2\SC(=S)N(c3ccc(Cl)c(Cl)c3)C2=O)cc1. The molecule has 5 nitrogen and oxygen atoms in total. The maximum Gasteiger partial charge on any atom is 0.270 e. The Morgan fingerprint density at radius 2 is 1.80 bits per heavy atom. The average Bonchev–Trinajstić information content (AvgIpc) is 3.10. The first kappa shape index (κ1) is 25.5. The number of carbonyl (C=O) groups is 2. The Hall–Kier alpha value is -2.55. The number of rotatable bonds is 6. The second kappa shape index (κ2) is 11.0. The summed E-state index contributed by atoms with van der Waals surface area (Å²) in [5.41, 5.74) is 2.88. The summed E-state index contributed by atoms with van der Waals surface area (Å²) in [6.07, 6.45) is 1.75. The van der Waals surface area contributed by atoms with E-state index in [1.807, 2.05) is 13.0 Å². The number of halogens is 3. The number of thioether (sulfide) groups is 1. The van der Waals surface area contributed by atoms with E-state index >= 15 is 0 Å². The highest BCUT2D eigenvalue weighted by molar-refractivity contribution is 8.27. The van der Waals surface area contributed by atoms with E-state index in [1.165, 1.54) is 16.7 Å². The lowest BCUT2D eigenvalue weighted by atomic mass is 10.2. The molecule has 1 aliphatic heterocycles. The van der Waals surface area contributed by atoms with Gasteiger partial charge < -0.3 is 10.1 Å². The van der Waals surface area contributed by atoms with Crippen molar-refractivity contribution in [3.63, 3.8) is 0 Å². The summed E-state index contributed by atoms with van der Waals surface area (Å²) in [5.74, 6) is -0.0272. The molecule has 2 amide bonds. The van der Waals surface area contributed by atoms with Crippen molar-refractivity contribution in [3.8, 4) is 5.75 Å². The third-order valence-electron chi connectivity index (χ3n) is 4.98. The topological polar surface area (TPSA) is 58.6 Å². The third kappa shape index (κ3) is 6.18. The Bertz CT molecular complexity index is 1360. The van der Waals surface area contributed by atoms with Crippen LogP contribution in [-0.2, 0) is 9.59 Å². The number of amides is 2. The van der Waals surface area contributed by atoms with Gasteiger partial charge in [-0.2, -0.15) is 0 Å². The van der Waals surface area contributed by atoms with E-state index in [-0.39, 0.29) is 18.4 Å². The summed E-state index contributed by atoms with van der Waals surface area (Å²) in [5, 5.41) is 4.06. The molecule has 1 saturated heterocycles. The number of hydrogen-bond donors (Lipinski definition) is 1. The fourth-order valence-corrected chi connectivity index (χ4v) is 4.95. The number of nitrogens with zero attached hydrogens (tertiary/aromatic N) is 1. The van der Waals surface area contributed by atoms with Crippen molar-refractivity contribution in [1.82, 2.24) is 0 Å². The Balaban J connectivity index is 1.38. The van der Waals surface area contributed by atoms with E-state index in [4.69, 9.17) is 51.8 Å². The molecule has 3 aromatic rings. The summed E-state index contributed by atoms with van der Waals surface area (Å²) in [4.78, 5) is 27.1. The van der Waals surface area contributed by atoms with E-state index < -0.39 is 0 Å². The number of hydrogen-bond acceptors (Lipinski definition) is 5. The van der Waals surface area contributed by atoms with Crippen molar-refractivity contribution in [2.24, 2.45) is 0 Å². The van der Waals surface area contributed by atoms with Crippen LogP contribution < -0.4 is 15.0 Å². The molecule has 0 spiro atoms. The highest BCUT2D eigenvalue weighted by Crippen LogP contribution is 2.38. The van der Waals surface area contributed by atoms with Gasteiger partial charge in [0.25, 0.3) is 11.8 Å². The van der Waals surface area contributed by atoms with Crippen LogP contribution in [0.15, 0.2) is 65.6 Å². The Morgan fingerprint density at radius 1 is 1.06 bits per heavy atom. The van der Waals surface area contributed by atoms with Gasteiger partial charge in [-0.25, -0.2) is 0 Å². The first-order valence-corrected chi connectivity index (χ1v) is 12.6. The molecule has 1 heterocycles. The maximum absolute atomic E-state index is 13.0. The molecule has 1 aliphatic rings. The lowest BCUT2D eigenvalue weighted by molar-refractivity contribution is -0.118. The molecule has 10 heteroatoms. The number of nitrogens with one attached hydrogen (secondary N) is 1. The number of benzene rings is 3. The zero-order valence-corrected chi connectivity index (χ0v) is 22.1. The Morgan fingerprint density at radius 3 is 2.51 bits per heavy atom. The molecule has 0 saturated carbocycles. The molecule has 0 radical (unpaired) electrons. The number of ether oxygens (including phenoxy) is 1. The molecule has 0 unspecified atom stereocenters. The van der Waals surface area contributed by atoms with E-state index in [0.29, 0.717) is 41.4 Å². The van der Waals surface area contributed by atoms with Crippen molar-refractivity contribution in [3.05, 3.63) is 91.8 Å².